The first-order chi connectivity index (χ1) is 8.43. The van der Waals surface area contributed by atoms with Gasteiger partial charge in [-0.05, 0) is 42.9 Å². The minimum Gasteiger partial charge on any atom is -0.0683 e. The molecule has 102 valence electrons. The van der Waals surface area contributed by atoms with Gasteiger partial charge in [-0.25, -0.2) is 0 Å². The summed E-state index contributed by atoms with van der Waals surface area (Å²) in [6.07, 6.45) is 14.2. The molecule has 3 atom stereocenters. The first kappa shape index (κ1) is 15.1. The third kappa shape index (κ3) is 3.73. The van der Waals surface area contributed by atoms with Gasteiger partial charge in [0.25, 0.3) is 0 Å². The number of hydrogen-bond donors (Lipinski definition) is 0. The van der Waals surface area contributed by atoms with Gasteiger partial charge in [-0.2, -0.15) is 0 Å². The van der Waals surface area contributed by atoms with Crippen molar-refractivity contribution in [2.45, 2.75) is 85.5 Å². The monoisotopic (exact) mass is 238 g/mol. The van der Waals surface area contributed by atoms with Gasteiger partial charge in [-0.1, -0.05) is 66.2 Å². The topological polar surface area (TPSA) is 0 Å². The van der Waals surface area contributed by atoms with Crippen LogP contribution in [-0.4, -0.2) is 0 Å². The lowest BCUT2D eigenvalue weighted by molar-refractivity contribution is 0.179. The lowest BCUT2D eigenvalue weighted by atomic mass is 9.73. The van der Waals surface area contributed by atoms with Gasteiger partial charge in [-0.3, -0.25) is 0 Å². The average Bonchev–Trinajstić information content (AvgIpc) is 3.07. The van der Waals surface area contributed by atoms with Gasteiger partial charge in [-0.15, -0.1) is 0 Å². The number of rotatable bonds is 1. The van der Waals surface area contributed by atoms with Crippen molar-refractivity contribution in [2.24, 2.45) is 23.7 Å². The lowest BCUT2D eigenvalue weighted by Crippen LogP contribution is -2.22. The highest BCUT2D eigenvalue weighted by Gasteiger charge is 2.42. The van der Waals surface area contributed by atoms with Gasteiger partial charge in [0.1, 0.15) is 0 Å². The van der Waals surface area contributed by atoms with Crippen molar-refractivity contribution >= 4 is 0 Å². The van der Waals surface area contributed by atoms with Gasteiger partial charge >= 0.3 is 0 Å². The Morgan fingerprint density at radius 3 is 1.71 bits per heavy atom. The summed E-state index contributed by atoms with van der Waals surface area (Å²) in [6, 6.07) is 0. The Morgan fingerprint density at radius 1 is 0.588 bits per heavy atom. The van der Waals surface area contributed by atoms with E-state index in [-0.39, 0.29) is 0 Å². The smallest absolute Gasteiger partial charge is 0.0355 e. The first-order valence-electron chi connectivity index (χ1n) is 8.43. The molecule has 0 saturated heterocycles. The number of fused-ring (bicyclic) bond motifs is 2. The second-order valence-corrected chi connectivity index (χ2v) is 5.74. The second-order valence-electron chi connectivity index (χ2n) is 5.74. The van der Waals surface area contributed by atoms with E-state index in [0.29, 0.717) is 0 Å². The zero-order valence-corrected chi connectivity index (χ0v) is 12.7. The predicted molar refractivity (Wildman–Crippen MR) is 78.2 cm³/mol. The molecule has 0 heterocycles. The summed E-state index contributed by atoms with van der Waals surface area (Å²) >= 11 is 0. The molecular formula is C17H34. The average molecular weight is 238 g/mol. The lowest BCUT2D eigenvalue weighted by Gasteiger charge is -2.33. The molecule has 3 rings (SSSR count). The Bertz CT molecular complexity index is 178. The Morgan fingerprint density at radius 2 is 1.24 bits per heavy atom. The molecule has 0 heteroatoms. The Balaban J connectivity index is 0.000000330. The fourth-order valence-electron chi connectivity index (χ4n) is 4.43. The Kier molecular flexibility index (Phi) is 7.23. The van der Waals surface area contributed by atoms with Gasteiger partial charge in [0.2, 0.25) is 0 Å². The van der Waals surface area contributed by atoms with E-state index in [1.807, 2.05) is 27.7 Å². The third-order valence-electron chi connectivity index (χ3n) is 5.05. The highest BCUT2D eigenvalue weighted by molar-refractivity contribution is 4.93. The standard InChI is InChI=1S/C13H22.2C2H6/c1-2-4-11(5-3-1)13-9-10-6-7-12(13)8-10;2*1-2/h10-13H,1-9H2;2*1-2H3. The van der Waals surface area contributed by atoms with Crippen LogP contribution in [0.4, 0.5) is 0 Å². The molecule has 3 unspecified atom stereocenters. The van der Waals surface area contributed by atoms with Gasteiger partial charge in [0.15, 0.2) is 0 Å². The molecule has 3 saturated carbocycles. The van der Waals surface area contributed by atoms with E-state index in [9.17, 15) is 0 Å². The van der Waals surface area contributed by atoms with E-state index in [1.54, 1.807) is 51.4 Å². The van der Waals surface area contributed by atoms with Crippen molar-refractivity contribution in [2.75, 3.05) is 0 Å². The van der Waals surface area contributed by atoms with Crippen molar-refractivity contribution in [1.29, 1.82) is 0 Å². The molecule has 3 fully saturated rings. The maximum atomic E-state index is 2.00. The molecule has 2 bridgehead atoms. The normalized spacial score (nSPS) is 35.6. The molecule has 0 N–H and O–H groups in total. The van der Waals surface area contributed by atoms with Crippen LogP contribution in [0.2, 0.25) is 0 Å². The Labute approximate surface area is 110 Å². The van der Waals surface area contributed by atoms with E-state index in [0.717, 1.165) is 11.8 Å². The molecule has 0 radical (unpaired) electrons. The summed E-state index contributed by atoms with van der Waals surface area (Å²) in [4.78, 5) is 0. The van der Waals surface area contributed by atoms with Crippen LogP contribution in [0.15, 0.2) is 0 Å². The SMILES string of the molecule is C1CCC(C2CC3CCC2C3)CC1.CC.CC. The van der Waals surface area contributed by atoms with Crippen LogP contribution in [-0.2, 0) is 0 Å². The van der Waals surface area contributed by atoms with Crippen LogP contribution in [0.3, 0.4) is 0 Å². The molecule has 0 nitrogen and oxygen atoms in total. The molecule has 3 aliphatic carbocycles. The molecule has 0 aliphatic heterocycles. The van der Waals surface area contributed by atoms with E-state index in [2.05, 4.69) is 0 Å². The molecule has 17 heavy (non-hydrogen) atoms. The van der Waals surface area contributed by atoms with Crippen LogP contribution < -0.4 is 0 Å². The summed E-state index contributed by atoms with van der Waals surface area (Å²) in [5.74, 6) is 4.67. The molecule has 3 aliphatic rings. The minimum atomic E-state index is 1.16. The zero-order chi connectivity index (χ0) is 12.7. The molecule has 0 spiro atoms. The van der Waals surface area contributed by atoms with Crippen LogP contribution >= 0.6 is 0 Å². The van der Waals surface area contributed by atoms with E-state index in [1.165, 1.54) is 18.3 Å². The summed E-state index contributed by atoms with van der Waals surface area (Å²) in [5, 5.41) is 0. The van der Waals surface area contributed by atoms with Crippen molar-refractivity contribution in [3.8, 4) is 0 Å². The van der Waals surface area contributed by atoms with Crippen molar-refractivity contribution < 1.29 is 0 Å². The van der Waals surface area contributed by atoms with Crippen LogP contribution in [0.1, 0.15) is 85.5 Å². The van der Waals surface area contributed by atoms with E-state index in [4.69, 9.17) is 0 Å². The molecule has 0 amide bonds. The first-order valence-corrected chi connectivity index (χ1v) is 8.43. The van der Waals surface area contributed by atoms with Crippen LogP contribution in [0.25, 0.3) is 0 Å². The van der Waals surface area contributed by atoms with Gasteiger partial charge in [0, 0.05) is 0 Å². The van der Waals surface area contributed by atoms with Gasteiger partial charge in [0.05, 0.1) is 0 Å². The Hall–Kier alpha value is 0. The second kappa shape index (κ2) is 8.16. The van der Waals surface area contributed by atoms with E-state index >= 15 is 0 Å². The molecule has 0 aromatic rings. The van der Waals surface area contributed by atoms with Crippen LogP contribution in [0, 0.1) is 23.7 Å². The summed E-state index contributed by atoms with van der Waals surface area (Å²) in [6.45, 7) is 8.00. The highest BCUT2D eigenvalue weighted by Crippen LogP contribution is 2.53. The summed E-state index contributed by atoms with van der Waals surface area (Å²) < 4.78 is 0. The van der Waals surface area contributed by atoms with Crippen molar-refractivity contribution in [3.05, 3.63) is 0 Å². The van der Waals surface area contributed by atoms with Crippen molar-refractivity contribution in [3.63, 3.8) is 0 Å². The molecule has 0 aromatic carbocycles. The van der Waals surface area contributed by atoms with Gasteiger partial charge < -0.3 is 0 Å². The third-order valence-corrected chi connectivity index (χ3v) is 5.05. The maximum absolute atomic E-state index is 2.00. The molecular weight excluding hydrogens is 204 g/mol. The largest absolute Gasteiger partial charge is 0.0683 e. The predicted octanol–water partition coefficient (Wildman–Crippen LogP) is 6.06. The highest BCUT2D eigenvalue weighted by atomic mass is 14.5. The van der Waals surface area contributed by atoms with Crippen molar-refractivity contribution in [1.82, 2.24) is 0 Å². The fourth-order valence-corrected chi connectivity index (χ4v) is 4.43. The summed E-state index contributed by atoms with van der Waals surface area (Å²) in [5.41, 5.74) is 0. The van der Waals surface area contributed by atoms with E-state index < -0.39 is 0 Å². The molecule has 0 aromatic heterocycles. The summed E-state index contributed by atoms with van der Waals surface area (Å²) in [7, 11) is 0. The quantitative estimate of drug-likeness (QED) is 0.521. The maximum Gasteiger partial charge on any atom is -0.0355 e. The fraction of sp³-hybridized carbons (Fsp3) is 1.00. The zero-order valence-electron chi connectivity index (χ0n) is 12.7. The number of hydrogen-bond acceptors (Lipinski definition) is 0. The minimum absolute atomic E-state index is 1.16. The van der Waals surface area contributed by atoms with Crippen LogP contribution in [0.5, 0.6) is 0 Å².